The van der Waals surface area contributed by atoms with E-state index in [2.05, 4.69) is 22.1 Å². The molecule has 0 aromatic heterocycles. The van der Waals surface area contributed by atoms with E-state index in [0.29, 0.717) is 17.3 Å². The maximum Gasteiger partial charge on any atom is 0.319 e. The van der Waals surface area contributed by atoms with Crippen LogP contribution in [0, 0.1) is 0 Å². The molecule has 108 valence electrons. The van der Waals surface area contributed by atoms with E-state index in [1.807, 2.05) is 12.1 Å². The van der Waals surface area contributed by atoms with Gasteiger partial charge in [0.25, 0.3) is 0 Å². The minimum Gasteiger partial charge on any atom is -0.370 e. The average Bonchev–Trinajstić information content (AvgIpc) is 2.46. The lowest BCUT2D eigenvalue weighted by molar-refractivity contribution is 0.253. The molecule has 2 rings (SSSR count). The summed E-state index contributed by atoms with van der Waals surface area (Å²) >= 11 is 6.32. The summed E-state index contributed by atoms with van der Waals surface area (Å²) < 4.78 is 0. The van der Waals surface area contributed by atoms with E-state index in [1.54, 1.807) is 12.1 Å². The largest absolute Gasteiger partial charge is 0.370 e. The van der Waals surface area contributed by atoms with Crippen molar-refractivity contribution in [3.05, 3.63) is 35.9 Å². The van der Waals surface area contributed by atoms with E-state index in [9.17, 15) is 4.79 Å². The fourth-order valence-electron chi connectivity index (χ4n) is 2.32. The first-order valence-corrected chi connectivity index (χ1v) is 7.29. The summed E-state index contributed by atoms with van der Waals surface area (Å²) in [4.78, 5) is 13.8. The Balaban J connectivity index is 2.01. The van der Waals surface area contributed by atoms with Crippen LogP contribution in [-0.2, 0) is 0 Å². The number of piperidine rings is 1. The van der Waals surface area contributed by atoms with E-state index in [4.69, 9.17) is 11.6 Å². The molecule has 1 aromatic rings. The number of benzene rings is 1. The molecule has 1 aliphatic rings. The molecule has 4 nitrogen and oxygen atoms in total. The summed E-state index contributed by atoms with van der Waals surface area (Å²) in [5.41, 5.74) is 1.74. The second kappa shape index (κ2) is 7.20. The molecular formula is C15H20ClN3O. The molecule has 1 aromatic carbocycles. The predicted octanol–water partition coefficient (Wildman–Crippen LogP) is 3.64. The normalized spacial score (nSPS) is 14.8. The van der Waals surface area contributed by atoms with Crippen LogP contribution in [0.4, 0.5) is 16.2 Å². The number of carbonyl (C=O) groups is 1. The minimum atomic E-state index is -0.258. The Kier molecular flexibility index (Phi) is 5.30. The molecule has 1 aliphatic heterocycles. The number of urea groups is 1. The third-order valence-corrected chi connectivity index (χ3v) is 3.61. The Bertz CT molecular complexity index is 484. The predicted molar refractivity (Wildman–Crippen MR) is 84.7 cm³/mol. The lowest BCUT2D eigenvalue weighted by Crippen LogP contribution is -2.30. The molecule has 0 bridgehead atoms. The number of nitrogens with one attached hydrogen (secondary N) is 2. The summed E-state index contributed by atoms with van der Waals surface area (Å²) in [6.07, 6.45) is 5.34. The van der Waals surface area contributed by atoms with Gasteiger partial charge in [-0.25, -0.2) is 4.79 Å². The molecule has 0 spiro atoms. The highest BCUT2D eigenvalue weighted by Gasteiger charge is 2.14. The Morgan fingerprint density at radius 2 is 2.10 bits per heavy atom. The fourth-order valence-corrected chi connectivity index (χ4v) is 2.62. The van der Waals surface area contributed by atoms with Crippen LogP contribution in [0.25, 0.3) is 0 Å². The summed E-state index contributed by atoms with van der Waals surface area (Å²) in [6.45, 7) is 6.08. The van der Waals surface area contributed by atoms with Crippen molar-refractivity contribution in [2.45, 2.75) is 19.3 Å². The van der Waals surface area contributed by atoms with Crippen molar-refractivity contribution in [1.29, 1.82) is 0 Å². The van der Waals surface area contributed by atoms with Crippen LogP contribution in [0.3, 0.4) is 0 Å². The van der Waals surface area contributed by atoms with Crippen LogP contribution >= 0.6 is 11.6 Å². The molecule has 2 N–H and O–H groups in total. The van der Waals surface area contributed by atoms with Gasteiger partial charge in [0.1, 0.15) is 0 Å². The van der Waals surface area contributed by atoms with Crippen LogP contribution in [0.1, 0.15) is 19.3 Å². The third-order valence-electron chi connectivity index (χ3n) is 3.31. The van der Waals surface area contributed by atoms with Crippen molar-refractivity contribution >= 4 is 29.0 Å². The topological polar surface area (TPSA) is 44.4 Å². The van der Waals surface area contributed by atoms with E-state index < -0.39 is 0 Å². The van der Waals surface area contributed by atoms with Crippen molar-refractivity contribution in [3.63, 3.8) is 0 Å². The van der Waals surface area contributed by atoms with E-state index >= 15 is 0 Å². The van der Waals surface area contributed by atoms with Gasteiger partial charge in [0.15, 0.2) is 0 Å². The smallest absolute Gasteiger partial charge is 0.319 e. The minimum absolute atomic E-state index is 0.258. The van der Waals surface area contributed by atoms with E-state index in [0.717, 1.165) is 18.8 Å². The standard InChI is InChI=1S/C15H20ClN3O/c1-2-8-17-15(20)18-12-6-7-14(13(16)11-12)19-9-4-3-5-10-19/h2,6-7,11H,1,3-5,8-10H2,(H2,17,18,20). The van der Waals surface area contributed by atoms with Gasteiger partial charge in [-0.1, -0.05) is 17.7 Å². The van der Waals surface area contributed by atoms with Crippen molar-refractivity contribution in [2.24, 2.45) is 0 Å². The van der Waals surface area contributed by atoms with Gasteiger partial charge in [0, 0.05) is 25.3 Å². The maximum absolute atomic E-state index is 11.5. The molecule has 1 fully saturated rings. The highest BCUT2D eigenvalue weighted by Crippen LogP contribution is 2.30. The molecule has 0 unspecified atom stereocenters. The highest BCUT2D eigenvalue weighted by molar-refractivity contribution is 6.33. The van der Waals surface area contributed by atoms with Crippen LogP contribution in [0.15, 0.2) is 30.9 Å². The molecule has 0 saturated carbocycles. The van der Waals surface area contributed by atoms with Gasteiger partial charge in [-0.05, 0) is 37.5 Å². The second-order valence-electron chi connectivity index (χ2n) is 4.84. The molecular weight excluding hydrogens is 274 g/mol. The second-order valence-corrected chi connectivity index (χ2v) is 5.24. The molecule has 0 radical (unpaired) electrons. The van der Waals surface area contributed by atoms with E-state index in [1.165, 1.54) is 19.3 Å². The van der Waals surface area contributed by atoms with Gasteiger partial charge < -0.3 is 15.5 Å². The average molecular weight is 294 g/mol. The zero-order valence-corrected chi connectivity index (χ0v) is 12.2. The first-order valence-electron chi connectivity index (χ1n) is 6.91. The zero-order chi connectivity index (χ0) is 14.4. The van der Waals surface area contributed by atoms with Crippen molar-refractivity contribution in [2.75, 3.05) is 29.9 Å². The summed E-state index contributed by atoms with van der Waals surface area (Å²) in [5, 5.41) is 6.08. The maximum atomic E-state index is 11.5. The van der Waals surface area contributed by atoms with Gasteiger partial charge in [0.05, 0.1) is 10.7 Å². The molecule has 20 heavy (non-hydrogen) atoms. The van der Waals surface area contributed by atoms with Crippen LogP contribution in [0.2, 0.25) is 5.02 Å². The molecule has 2 amide bonds. The first-order chi connectivity index (χ1) is 9.70. The Morgan fingerprint density at radius 3 is 2.75 bits per heavy atom. The lowest BCUT2D eigenvalue weighted by Gasteiger charge is -2.29. The fraction of sp³-hybridized carbons (Fsp3) is 0.400. The summed E-state index contributed by atoms with van der Waals surface area (Å²) in [6, 6.07) is 5.38. The quantitative estimate of drug-likeness (QED) is 0.833. The Hall–Kier alpha value is -1.68. The number of halogens is 1. The van der Waals surface area contributed by atoms with Crippen LogP contribution in [0.5, 0.6) is 0 Å². The SMILES string of the molecule is C=CCNC(=O)Nc1ccc(N2CCCCC2)c(Cl)c1. The molecule has 0 aliphatic carbocycles. The third kappa shape index (κ3) is 3.90. The first kappa shape index (κ1) is 14.7. The molecule has 5 heteroatoms. The van der Waals surface area contributed by atoms with Gasteiger partial charge >= 0.3 is 6.03 Å². The number of carbonyl (C=O) groups excluding carboxylic acids is 1. The molecule has 1 heterocycles. The summed E-state index contributed by atoms with van der Waals surface area (Å²) in [7, 11) is 0. The van der Waals surface area contributed by atoms with E-state index in [-0.39, 0.29) is 6.03 Å². The van der Waals surface area contributed by atoms with Crippen LogP contribution in [-0.4, -0.2) is 25.7 Å². The molecule has 0 atom stereocenters. The Labute approximate surface area is 124 Å². The number of anilines is 2. The van der Waals surface area contributed by atoms with Crippen molar-refractivity contribution in [3.8, 4) is 0 Å². The monoisotopic (exact) mass is 293 g/mol. The highest BCUT2D eigenvalue weighted by atomic mass is 35.5. The lowest BCUT2D eigenvalue weighted by atomic mass is 10.1. The van der Waals surface area contributed by atoms with Crippen molar-refractivity contribution < 1.29 is 4.79 Å². The van der Waals surface area contributed by atoms with Gasteiger partial charge in [-0.15, -0.1) is 6.58 Å². The number of nitrogens with zero attached hydrogens (tertiary/aromatic N) is 1. The number of hydrogen-bond acceptors (Lipinski definition) is 2. The molecule has 1 saturated heterocycles. The van der Waals surface area contributed by atoms with Crippen molar-refractivity contribution in [1.82, 2.24) is 5.32 Å². The number of amides is 2. The number of rotatable bonds is 4. The number of hydrogen-bond donors (Lipinski definition) is 2. The van der Waals surface area contributed by atoms with Crippen LogP contribution < -0.4 is 15.5 Å². The Morgan fingerprint density at radius 1 is 1.35 bits per heavy atom. The zero-order valence-electron chi connectivity index (χ0n) is 11.5. The summed E-state index contributed by atoms with van der Waals surface area (Å²) in [5.74, 6) is 0. The van der Waals surface area contributed by atoms with Gasteiger partial charge in [-0.3, -0.25) is 0 Å². The van der Waals surface area contributed by atoms with Gasteiger partial charge in [-0.2, -0.15) is 0 Å². The van der Waals surface area contributed by atoms with Gasteiger partial charge in [0.2, 0.25) is 0 Å².